The zero-order chi connectivity index (χ0) is 23.8. The minimum absolute atomic E-state index is 0.0473. The summed E-state index contributed by atoms with van der Waals surface area (Å²) in [6, 6.07) is 0. The molecule has 0 aromatic carbocycles. The van der Waals surface area contributed by atoms with Crippen LogP contribution in [-0.4, -0.2) is 99.0 Å². The number of nitrogens with zero attached hydrogens (tertiary/aromatic N) is 1. The van der Waals surface area contributed by atoms with Crippen molar-refractivity contribution in [2.24, 2.45) is 0 Å². The average Bonchev–Trinajstić information content (AvgIpc) is 2.60. The van der Waals surface area contributed by atoms with Crippen LogP contribution in [0.25, 0.3) is 0 Å². The van der Waals surface area contributed by atoms with Gasteiger partial charge < -0.3 is 28.8 Å². The van der Waals surface area contributed by atoms with Gasteiger partial charge in [0.05, 0.1) is 59.1 Å². The van der Waals surface area contributed by atoms with Crippen molar-refractivity contribution in [2.75, 3.05) is 65.9 Å². The highest BCUT2D eigenvalue weighted by atomic mass is 16.6. The fourth-order valence-corrected chi connectivity index (χ4v) is 2.38. The molecular weight excluding hydrogens is 406 g/mol. The molecule has 0 aromatic heterocycles. The first kappa shape index (κ1) is 29.7. The van der Waals surface area contributed by atoms with E-state index in [2.05, 4.69) is 0 Å². The Labute approximate surface area is 187 Å². The van der Waals surface area contributed by atoms with E-state index in [1.807, 2.05) is 46.4 Å². The molecule has 0 rings (SSSR count). The monoisotopic (exact) mass is 449 g/mol. The second-order valence-electron chi connectivity index (χ2n) is 9.08. The fourth-order valence-electron chi connectivity index (χ4n) is 2.38. The molecule has 0 aliphatic carbocycles. The van der Waals surface area contributed by atoms with Gasteiger partial charge in [0.2, 0.25) is 0 Å². The van der Waals surface area contributed by atoms with E-state index in [4.69, 9.17) is 23.7 Å². The van der Waals surface area contributed by atoms with E-state index in [0.29, 0.717) is 59.3 Å². The molecule has 0 saturated carbocycles. The van der Waals surface area contributed by atoms with Gasteiger partial charge in [-0.1, -0.05) is 0 Å². The van der Waals surface area contributed by atoms with Crippen LogP contribution >= 0.6 is 0 Å². The normalized spacial score (nSPS) is 12.3. The molecule has 31 heavy (non-hydrogen) atoms. The van der Waals surface area contributed by atoms with Gasteiger partial charge in [0.1, 0.15) is 11.2 Å². The van der Waals surface area contributed by atoms with Crippen LogP contribution in [0.15, 0.2) is 0 Å². The molecule has 1 N–H and O–H groups in total. The first-order valence-corrected chi connectivity index (χ1v) is 10.9. The van der Waals surface area contributed by atoms with Gasteiger partial charge in [-0.15, -0.1) is 0 Å². The average molecular weight is 450 g/mol. The SMILES string of the molecule is CC(C)(C)OC(=O)CCOCCOCCN(CCO)CCOCCC(=O)OC(C)(C)C. The van der Waals surface area contributed by atoms with E-state index in [1.165, 1.54) is 0 Å². The van der Waals surface area contributed by atoms with Crippen molar-refractivity contribution in [2.45, 2.75) is 65.6 Å². The first-order valence-electron chi connectivity index (χ1n) is 10.9. The Morgan fingerprint density at radius 1 is 0.645 bits per heavy atom. The van der Waals surface area contributed by atoms with Crippen molar-refractivity contribution < 1.29 is 38.4 Å². The molecule has 0 fully saturated rings. The Kier molecular flexibility index (Phi) is 15.7. The van der Waals surface area contributed by atoms with E-state index in [-0.39, 0.29) is 31.4 Å². The Morgan fingerprint density at radius 2 is 1.03 bits per heavy atom. The third-order valence-corrected chi connectivity index (χ3v) is 3.63. The lowest BCUT2D eigenvalue weighted by molar-refractivity contribution is -0.157. The van der Waals surface area contributed by atoms with E-state index >= 15 is 0 Å². The molecule has 0 saturated heterocycles. The second-order valence-corrected chi connectivity index (χ2v) is 9.08. The number of aliphatic hydroxyl groups is 1. The number of hydrogen-bond donors (Lipinski definition) is 1. The van der Waals surface area contributed by atoms with Crippen LogP contribution in [0.5, 0.6) is 0 Å². The van der Waals surface area contributed by atoms with Crippen molar-refractivity contribution in [1.82, 2.24) is 4.90 Å². The quantitative estimate of drug-likeness (QED) is 0.263. The van der Waals surface area contributed by atoms with Gasteiger partial charge in [0, 0.05) is 19.6 Å². The molecule has 0 aromatic rings. The highest BCUT2D eigenvalue weighted by molar-refractivity contribution is 5.70. The zero-order valence-electron chi connectivity index (χ0n) is 20.2. The molecule has 0 atom stereocenters. The lowest BCUT2D eigenvalue weighted by Crippen LogP contribution is -2.34. The summed E-state index contributed by atoms with van der Waals surface area (Å²) in [6.07, 6.45) is 0.434. The van der Waals surface area contributed by atoms with Gasteiger partial charge in [-0.05, 0) is 41.5 Å². The van der Waals surface area contributed by atoms with Gasteiger partial charge in [0.15, 0.2) is 0 Å². The maximum atomic E-state index is 11.6. The summed E-state index contributed by atoms with van der Waals surface area (Å²) >= 11 is 0. The summed E-state index contributed by atoms with van der Waals surface area (Å²) in [7, 11) is 0. The summed E-state index contributed by atoms with van der Waals surface area (Å²) in [5.41, 5.74) is -0.970. The molecule has 0 amide bonds. The zero-order valence-corrected chi connectivity index (χ0v) is 20.2. The predicted octanol–water partition coefficient (Wildman–Crippen LogP) is 1.79. The van der Waals surface area contributed by atoms with E-state index in [9.17, 15) is 14.7 Å². The second kappa shape index (κ2) is 16.4. The molecule has 0 spiro atoms. The number of rotatable bonds is 17. The van der Waals surface area contributed by atoms with Crippen LogP contribution in [0.1, 0.15) is 54.4 Å². The van der Waals surface area contributed by atoms with Crippen molar-refractivity contribution in [1.29, 1.82) is 0 Å². The van der Waals surface area contributed by atoms with Crippen molar-refractivity contribution in [3.05, 3.63) is 0 Å². The molecule has 0 bridgehead atoms. The Hall–Kier alpha value is -1.26. The first-order chi connectivity index (χ1) is 14.4. The van der Waals surface area contributed by atoms with Crippen LogP contribution in [-0.2, 0) is 33.3 Å². The molecule has 0 unspecified atom stereocenters. The molecular formula is C22H43NO8. The van der Waals surface area contributed by atoms with E-state index in [0.717, 1.165) is 0 Å². The summed E-state index contributed by atoms with van der Waals surface area (Å²) in [6.45, 7) is 15.2. The molecule has 0 radical (unpaired) electrons. The minimum Gasteiger partial charge on any atom is -0.460 e. The number of aliphatic hydroxyl groups excluding tert-OH is 1. The third kappa shape index (κ3) is 21.7. The smallest absolute Gasteiger partial charge is 0.308 e. The van der Waals surface area contributed by atoms with Gasteiger partial charge in [0.25, 0.3) is 0 Å². The standard InChI is InChI=1S/C22H43NO8/c1-21(2,3)30-19(25)7-13-27-15-10-23(9-12-24)11-16-29-18-17-28-14-8-20(26)31-22(4,5)6/h24H,7-18H2,1-6H3. The van der Waals surface area contributed by atoms with Gasteiger partial charge in [-0.2, -0.15) is 0 Å². The number of carbonyl (C=O) groups is 2. The van der Waals surface area contributed by atoms with E-state index in [1.54, 1.807) is 0 Å². The summed E-state index contributed by atoms with van der Waals surface area (Å²) in [5.74, 6) is -0.553. The lowest BCUT2D eigenvalue weighted by atomic mass is 10.2. The van der Waals surface area contributed by atoms with Crippen molar-refractivity contribution in [3.8, 4) is 0 Å². The van der Waals surface area contributed by atoms with Gasteiger partial charge in [-0.3, -0.25) is 14.5 Å². The van der Waals surface area contributed by atoms with Crippen LogP contribution in [0.3, 0.4) is 0 Å². The van der Waals surface area contributed by atoms with Crippen LogP contribution < -0.4 is 0 Å². The highest BCUT2D eigenvalue weighted by Crippen LogP contribution is 2.08. The largest absolute Gasteiger partial charge is 0.460 e. The molecule has 9 heteroatoms. The van der Waals surface area contributed by atoms with Crippen molar-refractivity contribution >= 4 is 11.9 Å². The minimum atomic E-state index is -0.488. The molecule has 9 nitrogen and oxygen atoms in total. The summed E-state index contributed by atoms with van der Waals surface area (Å²) in [4.78, 5) is 25.2. The summed E-state index contributed by atoms with van der Waals surface area (Å²) < 4.78 is 26.8. The molecule has 0 heterocycles. The summed E-state index contributed by atoms with van der Waals surface area (Å²) in [5, 5.41) is 9.19. The fraction of sp³-hybridized carbons (Fsp3) is 0.909. The van der Waals surface area contributed by atoms with E-state index < -0.39 is 11.2 Å². The van der Waals surface area contributed by atoms with Gasteiger partial charge >= 0.3 is 11.9 Å². The lowest BCUT2D eigenvalue weighted by Gasteiger charge is -2.21. The van der Waals surface area contributed by atoms with Crippen molar-refractivity contribution in [3.63, 3.8) is 0 Å². The number of esters is 2. The Bertz CT molecular complexity index is 485. The van der Waals surface area contributed by atoms with Crippen LogP contribution in [0.4, 0.5) is 0 Å². The topological polar surface area (TPSA) is 104 Å². The maximum Gasteiger partial charge on any atom is 0.308 e. The van der Waals surface area contributed by atoms with Crippen LogP contribution in [0, 0.1) is 0 Å². The number of ether oxygens (including phenoxy) is 5. The van der Waals surface area contributed by atoms with Gasteiger partial charge in [-0.25, -0.2) is 0 Å². The maximum absolute atomic E-state index is 11.6. The Balaban J connectivity index is 3.72. The third-order valence-electron chi connectivity index (χ3n) is 3.63. The predicted molar refractivity (Wildman–Crippen MR) is 117 cm³/mol. The molecule has 0 aliphatic rings. The number of hydrogen-bond acceptors (Lipinski definition) is 9. The Morgan fingerprint density at radius 3 is 1.42 bits per heavy atom. The molecule has 0 aliphatic heterocycles. The van der Waals surface area contributed by atoms with Crippen LogP contribution in [0.2, 0.25) is 0 Å². The molecule has 184 valence electrons. The highest BCUT2D eigenvalue weighted by Gasteiger charge is 2.16. The number of carbonyl (C=O) groups excluding carboxylic acids is 2.